The van der Waals surface area contributed by atoms with Crippen molar-refractivity contribution >= 4 is 29.9 Å². The second-order valence-electron chi connectivity index (χ2n) is 6.51. The Balaban J connectivity index is 0.00000147. The summed E-state index contributed by atoms with van der Waals surface area (Å²) in [7, 11) is 1.88. The first-order valence-corrected chi connectivity index (χ1v) is 8.03. The van der Waals surface area contributed by atoms with Crippen LogP contribution in [-0.4, -0.2) is 50.1 Å². The molecule has 0 bridgehead atoms. The molecule has 0 radical (unpaired) electrons. The van der Waals surface area contributed by atoms with E-state index in [-0.39, 0.29) is 24.0 Å². The van der Waals surface area contributed by atoms with Crippen molar-refractivity contribution in [2.75, 3.05) is 33.2 Å². The summed E-state index contributed by atoms with van der Waals surface area (Å²) in [6.45, 7) is 4.77. The Hall–Kier alpha value is -0.0400. The van der Waals surface area contributed by atoms with E-state index < -0.39 is 0 Å². The highest BCUT2D eigenvalue weighted by Crippen LogP contribution is 2.31. The van der Waals surface area contributed by atoms with Crippen molar-refractivity contribution in [2.45, 2.75) is 44.6 Å². The van der Waals surface area contributed by atoms with Gasteiger partial charge in [0, 0.05) is 32.7 Å². The molecule has 0 aromatic carbocycles. The molecule has 4 nitrogen and oxygen atoms in total. The van der Waals surface area contributed by atoms with Gasteiger partial charge in [0.1, 0.15) is 0 Å². The Morgan fingerprint density at radius 3 is 2.30 bits per heavy atom. The van der Waals surface area contributed by atoms with Crippen molar-refractivity contribution < 1.29 is 0 Å². The van der Waals surface area contributed by atoms with Crippen LogP contribution in [-0.2, 0) is 0 Å². The second kappa shape index (κ2) is 7.82. The van der Waals surface area contributed by atoms with Gasteiger partial charge in [-0.25, -0.2) is 0 Å². The molecule has 1 saturated heterocycles. The molecule has 2 N–H and O–H groups in total. The fourth-order valence-corrected chi connectivity index (χ4v) is 3.20. The van der Waals surface area contributed by atoms with Gasteiger partial charge < -0.3 is 15.5 Å². The smallest absolute Gasteiger partial charge is 0.190 e. The molecular formula is C15H29IN4. The Morgan fingerprint density at radius 2 is 1.75 bits per heavy atom. The van der Waals surface area contributed by atoms with E-state index in [0.717, 1.165) is 36.9 Å². The van der Waals surface area contributed by atoms with Gasteiger partial charge in [-0.2, -0.15) is 0 Å². The molecular weight excluding hydrogens is 363 g/mol. The lowest BCUT2D eigenvalue weighted by Crippen LogP contribution is -2.43. The first-order chi connectivity index (χ1) is 9.35. The normalized spacial score (nSPS) is 27.9. The van der Waals surface area contributed by atoms with Gasteiger partial charge in [0.15, 0.2) is 5.96 Å². The predicted molar refractivity (Wildman–Crippen MR) is 94.8 cm³/mol. The number of likely N-dealkylation sites (tertiary alicyclic amines) is 1. The number of halogens is 1. The maximum Gasteiger partial charge on any atom is 0.190 e. The third-order valence-electron chi connectivity index (χ3n) is 4.95. The molecule has 1 heterocycles. The molecule has 3 aliphatic rings. The molecule has 0 amide bonds. The number of guanidine groups is 1. The second-order valence-corrected chi connectivity index (χ2v) is 6.51. The fraction of sp³-hybridized carbons (Fsp3) is 0.933. The highest BCUT2D eigenvalue weighted by Gasteiger charge is 2.34. The van der Waals surface area contributed by atoms with E-state index >= 15 is 0 Å². The molecule has 0 aromatic rings. The Morgan fingerprint density at radius 1 is 1.05 bits per heavy atom. The van der Waals surface area contributed by atoms with Gasteiger partial charge in [0.05, 0.1) is 0 Å². The minimum absolute atomic E-state index is 0. The van der Waals surface area contributed by atoms with Crippen molar-refractivity contribution in [1.29, 1.82) is 0 Å². The molecule has 2 aliphatic carbocycles. The SMILES string of the molecule is CN=C(NCC1CCC1)NCC1CCN(C2CC2)C1.I. The van der Waals surface area contributed by atoms with Crippen LogP contribution in [0.1, 0.15) is 38.5 Å². The van der Waals surface area contributed by atoms with Crippen LogP contribution in [0, 0.1) is 11.8 Å². The zero-order valence-electron chi connectivity index (χ0n) is 12.6. The number of hydrogen-bond acceptors (Lipinski definition) is 2. The minimum Gasteiger partial charge on any atom is -0.356 e. The Labute approximate surface area is 140 Å². The monoisotopic (exact) mass is 392 g/mol. The van der Waals surface area contributed by atoms with E-state index in [1.807, 2.05) is 7.05 Å². The van der Waals surface area contributed by atoms with Crippen LogP contribution in [0.25, 0.3) is 0 Å². The van der Waals surface area contributed by atoms with Crippen molar-refractivity contribution in [2.24, 2.45) is 16.8 Å². The molecule has 0 spiro atoms. The van der Waals surface area contributed by atoms with Gasteiger partial charge >= 0.3 is 0 Å². The maximum atomic E-state index is 4.33. The quantitative estimate of drug-likeness (QED) is 0.428. The van der Waals surface area contributed by atoms with Gasteiger partial charge in [0.25, 0.3) is 0 Å². The van der Waals surface area contributed by atoms with Crippen molar-refractivity contribution in [3.05, 3.63) is 0 Å². The zero-order valence-corrected chi connectivity index (χ0v) is 14.9. The summed E-state index contributed by atoms with van der Waals surface area (Å²) in [5.74, 6) is 2.69. The lowest BCUT2D eigenvalue weighted by molar-refractivity contribution is 0.311. The zero-order chi connectivity index (χ0) is 13.1. The average molecular weight is 392 g/mol. The summed E-state index contributed by atoms with van der Waals surface area (Å²) in [6.07, 6.45) is 8.42. The molecule has 2 saturated carbocycles. The summed E-state index contributed by atoms with van der Waals surface area (Å²) < 4.78 is 0. The molecule has 116 valence electrons. The van der Waals surface area contributed by atoms with Crippen LogP contribution in [0.15, 0.2) is 4.99 Å². The molecule has 20 heavy (non-hydrogen) atoms. The van der Waals surface area contributed by atoms with Gasteiger partial charge in [-0.15, -0.1) is 24.0 Å². The summed E-state index contributed by atoms with van der Waals surface area (Å²) in [4.78, 5) is 7.00. The topological polar surface area (TPSA) is 39.7 Å². The highest BCUT2D eigenvalue weighted by atomic mass is 127. The number of rotatable bonds is 5. The van der Waals surface area contributed by atoms with Gasteiger partial charge in [-0.05, 0) is 50.5 Å². The number of aliphatic imine (C=N–C) groups is 1. The third kappa shape index (κ3) is 4.48. The van der Waals surface area contributed by atoms with Crippen molar-refractivity contribution in [3.63, 3.8) is 0 Å². The predicted octanol–water partition coefficient (Wildman–Crippen LogP) is 2.05. The van der Waals surface area contributed by atoms with Crippen molar-refractivity contribution in [3.8, 4) is 0 Å². The van der Waals surface area contributed by atoms with E-state index in [0.29, 0.717) is 0 Å². The van der Waals surface area contributed by atoms with Crippen LogP contribution in [0.3, 0.4) is 0 Å². The number of nitrogens with one attached hydrogen (secondary N) is 2. The number of nitrogens with zero attached hydrogens (tertiary/aromatic N) is 2. The van der Waals surface area contributed by atoms with Crippen LogP contribution < -0.4 is 10.6 Å². The van der Waals surface area contributed by atoms with E-state index in [9.17, 15) is 0 Å². The van der Waals surface area contributed by atoms with Crippen molar-refractivity contribution in [1.82, 2.24) is 15.5 Å². The molecule has 3 rings (SSSR count). The maximum absolute atomic E-state index is 4.33. The van der Waals surface area contributed by atoms with E-state index in [1.54, 1.807) is 0 Å². The highest BCUT2D eigenvalue weighted by molar-refractivity contribution is 14.0. The van der Waals surface area contributed by atoms with Gasteiger partial charge in [-0.1, -0.05) is 6.42 Å². The van der Waals surface area contributed by atoms with Crippen LogP contribution >= 0.6 is 24.0 Å². The molecule has 3 fully saturated rings. The first kappa shape index (κ1) is 16.3. The summed E-state index contributed by atoms with van der Waals surface area (Å²) in [6, 6.07) is 0.932. The van der Waals surface area contributed by atoms with Gasteiger partial charge in [-0.3, -0.25) is 4.99 Å². The fourth-order valence-electron chi connectivity index (χ4n) is 3.20. The lowest BCUT2D eigenvalue weighted by Gasteiger charge is -2.26. The van der Waals surface area contributed by atoms with E-state index in [1.165, 1.54) is 51.6 Å². The standard InChI is InChI=1S/C15H28N4.HI/c1-16-15(17-9-12-3-2-4-12)18-10-13-7-8-19(11-13)14-5-6-14;/h12-14H,2-11H2,1H3,(H2,16,17,18);1H. The average Bonchev–Trinajstić information content (AvgIpc) is 3.11. The van der Waals surface area contributed by atoms with E-state index in [4.69, 9.17) is 0 Å². The Bertz CT molecular complexity index is 326. The van der Waals surface area contributed by atoms with E-state index in [2.05, 4.69) is 20.5 Å². The molecule has 1 unspecified atom stereocenters. The van der Waals surface area contributed by atoms with Crippen LogP contribution in [0.2, 0.25) is 0 Å². The van der Waals surface area contributed by atoms with Crippen LogP contribution in [0.4, 0.5) is 0 Å². The summed E-state index contributed by atoms with van der Waals surface area (Å²) in [5, 5.41) is 6.97. The summed E-state index contributed by atoms with van der Waals surface area (Å²) in [5.41, 5.74) is 0. The molecule has 1 aliphatic heterocycles. The van der Waals surface area contributed by atoms with Gasteiger partial charge in [0.2, 0.25) is 0 Å². The Kier molecular flexibility index (Phi) is 6.39. The van der Waals surface area contributed by atoms with Crippen LogP contribution in [0.5, 0.6) is 0 Å². The first-order valence-electron chi connectivity index (χ1n) is 8.03. The largest absolute Gasteiger partial charge is 0.356 e. The third-order valence-corrected chi connectivity index (χ3v) is 4.95. The molecule has 1 atom stereocenters. The number of hydrogen-bond donors (Lipinski definition) is 2. The lowest BCUT2D eigenvalue weighted by atomic mass is 9.85. The molecule has 5 heteroatoms. The summed E-state index contributed by atoms with van der Waals surface area (Å²) >= 11 is 0. The molecule has 0 aromatic heterocycles. The minimum atomic E-state index is 0.